The zero-order valence-corrected chi connectivity index (χ0v) is 7.17. The second kappa shape index (κ2) is 3.07. The van der Waals surface area contributed by atoms with E-state index in [0.717, 1.165) is 13.1 Å². The summed E-state index contributed by atoms with van der Waals surface area (Å²) in [6.45, 7) is 4.09. The van der Waals surface area contributed by atoms with Crippen LogP contribution in [0.3, 0.4) is 0 Å². The van der Waals surface area contributed by atoms with Gasteiger partial charge in [0.25, 0.3) is 0 Å². The molecule has 12 heavy (non-hydrogen) atoms. The molecule has 2 nitrogen and oxygen atoms in total. The minimum Gasteiger partial charge on any atom is -0.309 e. The molecule has 1 aromatic rings. The topological polar surface area (TPSA) is 24.9 Å². The van der Waals surface area contributed by atoms with Crippen molar-refractivity contribution in [3.63, 3.8) is 0 Å². The Hall–Kier alpha value is -1.15. The monoisotopic (exact) mass is 160 g/mol. The van der Waals surface area contributed by atoms with Crippen molar-refractivity contribution < 1.29 is 0 Å². The van der Waals surface area contributed by atoms with Crippen molar-refractivity contribution >= 4 is 5.57 Å². The van der Waals surface area contributed by atoms with Crippen LogP contribution in [0.4, 0.5) is 0 Å². The predicted molar refractivity (Wildman–Crippen MR) is 49.8 cm³/mol. The van der Waals surface area contributed by atoms with Gasteiger partial charge in [-0.1, -0.05) is 6.08 Å². The Kier molecular flexibility index (Phi) is 1.92. The third-order valence-electron chi connectivity index (χ3n) is 2.19. The highest BCUT2D eigenvalue weighted by Crippen LogP contribution is 2.18. The van der Waals surface area contributed by atoms with E-state index in [4.69, 9.17) is 0 Å². The van der Waals surface area contributed by atoms with E-state index < -0.39 is 0 Å². The van der Waals surface area contributed by atoms with Crippen molar-refractivity contribution in [2.24, 2.45) is 0 Å². The lowest BCUT2D eigenvalue weighted by atomic mass is 10.0. The normalized spacial score (nSPS) is 16.2. The largest absolute Gasteiger partial charge is 0.309 e. The summed E-state index contributed by atoms with van der Waals surface area (Å²) < 4.78 is 0. The van der Waals surface area contributed by atoms with E-state index in [0.29, 0.717) is 0 Å². The maximum Gasteiger partial charge on any atom is 0.0346 e. The Morgan fingerprint density at radius 2 is 2.42 bits per heavy atom. The van der Waals surface area contributed by atoms with Crippen molar-refractivity contribution in [1.29, 1.82) is 0 Å². The van der Waals surface area contributed by atoms with Gasteiger partial charge in [-0.15, -0.1) is 0 Å². The molecule has 62 valence electrons. The first-order valence-corrected chi connectivity index (χ1v) is 4.18. The summed E-state index contributed by atoms with van der Waals surface area (Å²) in [5.74, 6) is 0. The quantitative estimate of drug-likeness (QED) is 0.671. The van der Waals surface area contributed by atoms with Gasteiger partial charge in [-0.25, -0.2) is 0 Å². The van der Waals surface area contributed by atoms with Crippen LogP contribution in [0.5, 0.6) is 0 Å². The first-order chi connectivity index (χ1) is 5.88. The molecular weight excluding hydrogens is 148 g/mol. The number of rotatable bonds is 1. The maximum atomic E-state index is 4.12. The predicted octanol–water partition coefficient (Wildman–Crippen LogP) is 1.38. The molecule has 1 N–H and O–H groups in total. The van der Waals surface area contributed by atoms with Crippen LogP contribution in [0.15, 0.2) is 24.5 Å². The van der Waals surface area contributed by atoms with Crippen molar-refractivity contribution in [2.45, 2.75) is 6.92 Å². The molecule has 0 fully saturated rings. The zero-order chi connectivity index (χ0) is 8.39. The van der Waals surface area contributed by atoms with Crippen LogP contribution in [-0.4, -0.2) is 18.1 Å². The standard InChI is InChI=1S/C10H12N2/c1-8-2-4-12-7-10(8)9-3-5-11-6-9/h2-4,7,11H,5-6H2,1H3. The van der Waals surface area contributed by atoms with Gasteiger partial charge in [0.05, 0.1) is 0 Å². The number of nitrogens with zero attached hydrogens (tertiary/aromatic N) is 1. The molecule has 1 aliphatic heterocycles. The molecule has 0 aromatic carbocycles. The summed E-state index contributed by atoms with van der Waals surface area (Å²) in [6.07, 6.45) is 6.00. The van der Waals surface area contributed by atoms with Crippen LogP contribution >= 0.6 is 0 Å². The number of aryl methyl sites for hydroxylation is 1. The Labute approximate surface area is 72.3 Å². The van der Waals surface area contributed by atoms with E-state index in [-0.39, 0.29) is 0 Å². The third-order valence-corrected chi connectivity index (χ3v) is 2.19. The second-order valence-corrected chi connectivity index (χ2v) is 3.05. The number of pyridine rings is 1. The van der Waals surface area contributed by atoms with E-state index in [1.807, 2.05) is 12.4 Å². The Morgan fingerprint density at radius 1 is 1.50 bits per heavy atom. The Balaban J connectivity index is 2.39. The first-order valence-electron chi connectivity index (χ1n) is 4.18. The van der Waals surface area contributed by atoms with Gasteiger partial charge in [-0.2, -0.15) is 0 Å². The third kappa shape index (κ3) is 1.25. The average molecular weight is 160 g/mol. The fourth-order valence-corrected chi connectivity index (χ4v) is 1.48. The van der Waals surface area contributed by atoms with Gasteiger partial charge in [-0.05, 0) is 29.7 Å². The van der Waals surface area contributed by atoms with Gasteiger partial charge in [0.2, 0.25) is 0 Å². The average Bonchev–Trinajstić information content (AvgIpc) is 2.57. The highest BCUT2D eigenvalue weighted by Gasteiger charge is 2.07. The molecular formula is C10H12N2. The molecule has 0 bridgehead atoms. The highest BCUT2D eigenvalue weighted by molar-refractivity contribution is 5.70. The number of hydrogen-bond donors (Lipinski definition) is 1. The van der Waals surface area contributed by atoms with Gasteiger partial charge in [0.15, 0.2) is 0 Å². The highest BCUT2D eigenvalue weighted by atomic mass is 14.9. The smallest absolute Gasteiger partial charge is 0.0346 e. The van der Waals surface area contributed by atoms with Gasteiger partial charge in [0, 0.05) is 25.5 Å². The summed E-state index contributed by atoms with van der Waals surface area (Å²) in [7, 11) is 0. The van der Waals surface area contributed by atoms with Gasteiger partial charge >= 0.3 is 0 Å². The second-order valence-electron chi connectivity index (χ2n) is 3.05. The van der Waals surface area contributed by atoms with Crippen molar-refractivity contribution in [1.82, 2.24) is 10.3 Å². The van der Waals surface area contributed by atoms with Gasteiger partial charge in [-0.3, -0.25) is 4.98 Å². The van der Waals surface area contributed by atoms with Crippen LogP contribution in [0.25, 0.3) is 5.57 Å². The fraction of sp³-hybridized carbons (Fsp3) is 0.300. The molecule has 1 aromatic heterocycles. The molecule has 2 rings (SSSR count). The van der Waals surface area contributed by atoms with Crippen LogP contribution in [0.1, 0.15) is 11.1 Å². The minimum absolute atomic E-state index is 0.979. The fourth-order valence-electron chi connectivity index (χ4n) is 1.48. The van der Waals surface area contributed by atoms with Crippen molar-refractivity contribution in [2.75, 3.05) is 13.1 Å². The van der Waals surface area contributed by atoms with Crippen LogP contribution in [0, 0.1) is 6.92 Å². The molecule has 0 saturated carbocycles. The zero-order valence-electron chi connectivity index (χ0n) is 7.17. The Morgan fingerprint density at radius 3 is 3.08 bits per heavy atom. The van der Waals surface area contributed by atoms with Crippen LogP contribution in [0.2, 0.25) is 0 Å². The van der Waals surface area contributed by atoms with Crippen molar-refractivity contribution in [3.8, 4) is 0 Å². The lowest BCUT2D eigenvalue weighted by Crippen LogP contribution is -2.07. The van der Waals surface area contributed by atoms with E-state index in [9.17, 15) is 0 Å². The maximum absolute atomic E-state index is 4.12. The summed E-state index contributed by atoms with van der Waals surface area (Å²) in [4.78, 5) is 4.12. The SMILES string of the molecule is Cc1ccncc1C1=CCNC1. The van der Waals surface area contributed by atoms with Gasteiger partial charge < -0.3 is 5.32 Å². The minimum atomic E-state index is 0.979. The molecule has 0 aliphatic carbocycles. The van der Waals surface area contributed by atoms with Crippen LogP contribution in [-0.2, 0) is 0 Å². The molecule has 0 amide bonds. The number of hydrogen-bond acceptors (Lipinski definition) is 2. The molecule has 2 heteroatoms. The summed E-state index contributed by atoms with van der Waals surface area (Å²) >= 11 is 0. The van der Waals surface area contributed by atoms with Crippen molar-refractivity contribution in [3.05, 3.63) is 35.7 Å². The lowest BCUT2D eigenvalue weighted by Gasteiger charge is -2.04. The van der Waals surface area contributed by atoms with Crippen LogP contribution < -0.4 is 5.32 Å². The van der Waals surface area contributed by atoms with E-state index in [2.05, 4.69) is 29.4 Å². The molecule has 0 unspecified atom stereocenters. The summed E-state index contributed by atoms with van der Waals surface area (Å²) in [5, 5.41) is 3.28. The molecule has 1 aliphatic rings. The molecule has 0 saturated heterocycles. The van der Waals surface area contributed by atoms with E-state index in [1.165, 1.54) is 16.7 Å². The summed E-state index contributed by atoms with van der Waals surface area (Å²) in [6, 6.07) is 2.05. The molecule has 2 heterocycles. The number of nitrogens with one attached hydrogen (secondary N) is 1. The molecule has 0 atom stereocenters. The molecule has 0 spiro atoms. The van der Waals surface area contributed by atoms with E-state index >= 15 is 0 Å². The first kappa shape index (κ1) is 7.50. The van der Waals surface area contributed by atoms with Gasteiger partial charge in [0.1, 0.15) is 0 Å². The molecule has 0 radical (unpaired) electrons. The lowest BCUT2D eigenvalue weighted by molar-refractivity contribution is 0.896. The summed E-state index contributed by atoms with van der Waals surface area (Å²) in [5.41, 5.74) is 3.96. The number of aromatic nitrogens is 1. The Bertz CT molecular complexity index is 315. The van der Waals surface area contributed by atoms with E-state index in [1.54, 1.807) is 0 Å².